The summed E-state index contributed by atoms with van der Waals surface area (Å²) >= 11 is 0. The molecule has 0 radical (unpaired) electrons. The Balaban J connectivity index is 2.21. The van der Waals surface area contributed by atoms with Gasteiger partial charge in [-0.15, -0.1) is 0 Å². The lowest BCUT2D eigenvalue weighted by molar-refractivity contribution is -0.158. The van der Waals surface area contributed by atoms with Crippen molar-refractivity contribution in [2.45, 2.75) is 40.2 Å². The van der Waals surface area contributed by atoms with Gasteiger partial charge >= 0.3 is 5.97 Å². The predicted molar refractivity (Wildman–Crippen MR) is 54.7 cm³/mol. The molecule has 2 heteroatoms. The van der Waals surface area contributed by atoms with Crippen molar-refractivity contribution in [1.82, 2.24) is 0 Å². The van der Waals surface area contributed by atoms with Gasteiger partial charge in [-0.1, -0.05) is 19.4 Å². The van der Waals surface area contributed by atoms with Crippen molar-refractivity contribution in [3.05, 3.63) is 11.6 Å². The summed E-state index contributed by atoms with van der Waals surface area (Å²) in [5, 5.41) is 0. The molecule has 0 spiro atoms. The quantitative estimate of drug-likeness (QED) is 0.473. The highest BCUT2D eigenvalue weighted by molar-refractivity contribution is 5.66. The van der Waals surface area contributed by atoms with Crippen molar-refractivity contribution in [2.75, 3.05) is 0 Å². The summed E-state index contributed by atoms with van der Waals surface area (Å²) in [6.07, 6.45) is 3.34. The molecular weight excluding hydrogens is 176 g/mol. The third-order valence-corrected chi connectivity index (χ3v) is 4.02. The van der Waals surface area contributed by atoms with Gasteiger partial charge in [0, 0.05) is 12.8 Å². The highest BCUT2D eigenvalue weighted by atomic mass is 16.5. The van der Waals surface area contributed by atoms with Crippen LogP contribution < -0.4 is 0 Å². The second kappa shape index (κ2) is 2.85. The number of carbonyl (C=O) groups is 1. The molecule has 78 valence electrons. The van der Waals surface area contributed by atoms with Crippen LogP contribution in [0.15, 0.2) is 11.6 Å². The minimum Gasteiger partial charge on any atom is -0.458 e. The molecular formula is C12H18O2. The normalized spacial score (nSPS) is 38.3. The number of hydrogen-bond donors (Lipinski definition) is 0. The number of allylic oxidation sites excluding steroid dienone is 1. The number of hydrogen-bond acceptors (Lipinski definition) is 2. The molecule has 2 bridgehead atoms. The summed E-state index contributed by atoms with van der Waals surface area (Å²) in [7, 11) is 0. The van der Waals surface area contributed by atoms with Gasteiger partial charge < -0.3 is 4.74 Å². The molecule has 0 aromatic rings. The fraction of sp³-hybridized carbons (Fsp3) is 0.750. The van der Waals surface area contributed by atoms with Crippen molar-refractivity contribution in [3.8, 4) is 0 Å². The highest BCUT2D eigenvalue weighted by Gasteiger charge is 2.55. The molecule has 14 heavy (non-hydrogen) atoms. The Morgan fingerprint density at radius 2 is 2.21 bits per heavy atom. The summed E-state index contributed by atoms with van der Waals surface area (Å²) in [6.45, 7) is 8.19. The van der Waals surface area contributed by atoms with E-state index in [2.05, 4.69) is 26.8 Å². The van der Waals surface area contributed by atoms with Crippen LogP contribution in [-0.2, 0) is 9.53 Å². The van der Waals surface area contributed by atoms with Crippen LogP contribution in [0.1, 0.15) is 34.1 Å². The summed E-state index contributed by atoms with van der Waals surface area (Å²) in [5.41, 5.74) is 1.71. The Hall–Kier alpha value is -0.790. The van der Waals surface area contributed by atoms with Crippen LogP contribution in [0.5, 0.6) is 0 Å². The molecule has 2 unspecified atom stereocenters. The van der Waals surface area contributed by atoms with Crippen LogP contribution in [0.4, 0.5) is 0 Å². The Kier molecular flexibility index (Phi) is 1.98. The van der Waals surface area contributed by atoms with Gasteiger partial charge in [0.2, 0.25) is 0 Å². The van der Waals surface area contributed by atoms with E-state index in [1.165, 1.54) is 18.9 Å². The molecule has 0 saturated heterocycles. The molecule has 3 aliphatic carbocycles. The molecule has 3 rings (SSSR count). The van der Waals surface area contributed by atoms with Crippen LogP contribution in [0, 0.1) is 17.3 Å². The smallest absolute Gasteiger partial charge is 0.303 e. The Labute approximate surface area is 85.3 Å². The van der Waals surface area contributed by atoms with Crippen LogP contribution in [0.25, 0.3) is 0 Å². The largest absolute Gasteiger partial charge is 0.458 e. The first-order valence-corrected chi connectivity index (χ1v) is 5.28. The van der Waals surface area contributed by atoms with Gasteiger partial charge in [-0.2, -0.15) is 0 Å². The van der Waals surface area contributed by atoms with Gasteiger partial charge in [0.15, 0.2) is 0 Å². The summed E-state index contributed by atoms with van der Waals surface area (Å²) in [6, 6.07) is 0. The van der Waals surface area contributed by atoms with Crippen LogP contribution >= 0.6 is 0 Å². The van der Waals surface area contributed by atoms with Crippen LogP contribution in [-0.4, -0.2) is 12.1 Å². The second-order valence-corrected chi connectivity index (χ2v) is 5.20. The van der Waals surface area contributed by atoms with Crippen molar-refractivity contribution < 1.29 is 9.53 Å². The number of fused-ring (bicyclic) bond motifs is 1. The summed E-state index contributed by atoms with van der Waals surface area (Å²) in [5.74, 6) is 1.07. The Morgan fingerprint density at radius 3 is 2.64 bits per heavy atom. The maximum absolute atomic E-state index is 10.9. The van der Waals surface area contributed by atoms with Crippen LogP contribution in [0.3, 0.4) is 0 Å². The third-order valence-electron chi connectivity index (χ3n) is 4.02. The van der Waals surface area contributed by atoms with Crippen molar-refractivity contribution in [2.24, 2.45) is 17.3 Å². The van der Waals surface area contributed by atoms with E-state index in [0.717, 1.165) is 0 Å². The molecule has 0 heterocycles. The van der Waals surface area contributed by atoms with Gasteiger partial charge in [-0.25, -0.2) is 0 Å². The zero-order chi connectivity index (χ0) is 10.5. The van der Waals surface area contributed by atoms with E-state index in [1.807, 2.05) is 0 Å². The van der Waals surface area contributed by atoms with E-state index >= 15 is 0 Å². The van der Waals surface area contributed by atoms with E-state index in [1.54, 1.807) is 0 Å². The zero-order valence-electron chi connectivity index (χ0n) is 9.33. The summed E-state index contributed by atoms with van der Waals surface area (Å²) < 4.78 is 5.33. The monoisotopic (exact) mass is 194 g/mol. The number of carbonyl (C=O) groups excluding carboxylic acids is 1. The third kappa shape index (κ3) is 1.20. The fourth-order valence-electron chi connectivity index (χ4n) is 3.09. The van der Waals surface area contributed by atoms with Crippen molar-refractivity contribution in [1.29, 1.82) is 0 Å². The lowest BCUT2D eigenvalue weighted by Gasteiger charge is -2.58. The molecule has 0 aromatic carbocycles. The van der Waals surface area contributed by atoms with Gasteiger partial charge in [0.05, 0.1) is 0 Å². The first kappa shape index (κ1) is 9.75. The van der Waals surface area contributed by atoms with E-state index < -0.39 is 0 Å². The van der Waals surface area contributed by atoms with E-state index in [4.69, 9.17) is 4.74 Å². The maximum atomic E-state index is 10.9. The molecule has 0 amide bonds. The zero-order valence-corrected chi connectivity index (χ0v) is 9.33. The number of esters is 1. The van der Waals surface area contributed by atoms with Gasteiger partial charge in [0.25, 0.3) is 0 Å². The molecule has 3 atom stereocenters. The molecule has 1 fully saturated rings. The average molecular weight is 194 g/mol. The SMILES string of the molecule is CC(=O)OC1C=C(C)[C@H]2CC1C2(C)C. The van der Waals surface area contributed by atoms with Gasteiger partial charge in [-0.3, -0.25) is 4.79 Å². The minimum absolute atomic E-state index is 0.0208. The fourth-order valence-corrected chi connectivity index (χ4v) is 3.09. The Morgan fingerprint density at radius 1 is 1.57 bits per heavy atom. The van der Waals surface area contributed by atoms with Gasteiger partial charge in [0.1, 0.15) is 6.10 Å². The molecule has 3 aliphatic rings. The predicted octanol–water partition coefficient (Wildman–Crippen LogP) is 2.54. The standard InChI is InChI=1S/C12H18O2/c1-7-5-11(14-8(2)13)10-6-9(7)12(10,3)4/h5,9-11H,6H2,1-4H3/t9-,10?,11?/m1/s1. The number of rotatable bonds is 1. The molecule has 0 aliphatic heterocycles. The average Bonchev–Trinajstić information content (AvgIpc) is 2.00. The van der Waals surface area contributed by atoms with Gasteiger partial charge in [-0.05, 0) is 30.8 Å². The molecule has 0 N–H and O–H groups in total. The number of ether oxygens (including phenoxy) is 1. The molecule has 1 saturated carbocycles. The van der Waals surface area contributed by atoms with Crippen molar-refractivity contribution in [3.63, 3.8) is 0 Å². The minimum atomic E-state index is -0.166. The first-order chi connectivity index (χ1) is 6.43. The van der Waals surface area contributed by atoms with E-state index in [9.17, 15) is 4.79 Å². The van der Waals surface area contributed by atoms with Crippen LogP contribution in [0.2, 0.25) is 0 Å². The Bertz CT molecular complexity index is 301. The van der Waals surface area contributed by atoms with E-state index in [-0.39, 0.29) is 12.1 Å². The highest BCUT2D eigenvalue weighted by Crippen LogP contribution is 2.59. The molecule has 0 aromatic heterocycles. The lowest BCUT2D eigenvalue weighted by atomic mass is 9.48. The summed E-state index contributed by atoms with van der Waals surface area (Å²) in [4.78, 5) is 10.9. The lowest BCUT2D eigenvalue weighted by Crippen LogP contribution is -2.54. The van der Waals surface area contributed by atoms with Crippen molar-refractivity contribution >= 4 is 5.97 Å². The maximum Gasteiger partial charge on any atom is 0.303 e. The second-order valence-electron chi connectivity index (χ2n) is 5.20. The molecule has 2 nitrogen and oxygen atoms in total. The van der Waals surface area contributed by atoms with E-state index in [0.29, 0.717) is 17.3 Å². The topological polar surface area (TPSA) is 26.3 Å². The first-order valence-electron chi connectivity index (χ1n) is 5.28.